The summed E-state index contributed by atoms with van der Waals surface area (Å²) in [5.41, 5.74) is 5.22. The lowest BCUT2D eigenvalue weighted by Crippen LogP contribution is -2.33. The van der Waals surface area contributed by atoms with E-state index in [2.05, 4.69) is 32.0 Å². The number of aryl methyl sites for hydroxylation is 1. The maximum Gasteiger partial charge on any atom is 0.433 e. The monoisotopic (exact) mass is 772 g/mol. The summed E-state index contributed by atoms with van der Waals surface area (Å²) in [5, 5.41) is 18.6. The first-order valence-electron chi connectivity index (χ1n) is 18.5. The molecule has 1 atom stereocenters. The molecule has 3 aromatic carbocycles. The van der Waals surface area contributed by atoms with Crippen molar-refractivity contribution >= 4 is 50.1 Å². The zero-order chi connectivity index (χ0) is 39.3. The SMILES string of the molecule is Cc1cc2c(C#N)ccc(COc3cccc(C4=CCN(Cc5nc6cc(C(=O)Nc7ccc8n[nH]c(C(F)(F)F)c8c7)ccc6n5C[C@@H]5CCO5)CC4)n3)c2o1. The van der Waals surface area contributed by atoms with Gasteiger partial charge in [0.25, 0.3) is 5.91 Å². The van der Waals surface area contributed by atoms with E-state index in [1.807, 2.05) is 48.4 Å². The Morgan fingerprint density at radius 1 is 1.07 bits per heavy atom. The van der Waals surface area contributed by atoms with Crippen molar-refractivity contribution in [3.8, 4) is 11.9 Å². The average molecular weight is 773 g/mol. The second kappa shape index (κ2) is 14.5. The van der Waals surface area contributed by atoms with Crippen LogP contribution < -0.4 is 10.1 Å². The summed E-state index contributed by atoms with van der Waals surface area (Å²) in [7, 11) is 0. The lowest BCUT2D eigenvalue weighted by Gasteiger charge is -2.29. The number of nitrogens with one attached hydrogen (secondary N) is 2. The van der Waals surface area contributed by atoms with Gasteiger partial charge in [-0.2, -0.15) is 23.5 Å². The molecular weight excluding hydrogens is 738 g/mol. The van der Waals surface area contributed by atoms with Crippen LogP contribution in [-0.4, -0.2) is 61.3 Å². The first-order chi connectivity index (χ1) is 27.6. The van der Waals surface area contributed by atoms with Crippen LogP contribution >= 0.6 is 0 Å². The zero-order valence-electron chi connectivity index (χ0n) is 30.7. The van der Waals surface area contributed by atoms with Crippen molar-refractivity contribution in [2.45, 2.75) is 51.7 Å². The van der Waals surface area contributed by atoms with Gasteiger partial charge in [-0.3, -0.25) is 14.8 Å². The molecule has 57 heavy (non-hydrogen) atoms. The molecule has 0 spiro atoms. The van der Waals surface area contributed by atoms with Gasteiger partial charge in [-0.15, -0.1) is 0 Å². The van der Waals surface area contributed by atoms with Crippen LogP contribution in [0.4, 0.5) is 18.9 Å². The number of aromatic amines is 1. The number of carbonyl (C=O) groups excluding carboxylic acids is 1. The Bertz CT molecular complexity index is 2760. The van der Waals surface area contributed by atoms with Gasteiger partial charge in [0.05, 0.1) is 53.1 Å². The lowest BCUT2D eigenvalue weighted by molar-refractivity contribution is -0.139. The fraction of sp³-hybridized carbons (Fsp3) is 0.262. The van der Waals surface area contributed by atoms with Crippen molar-refractivity contribution in [1.29, 1.82) is 5.26 Å². The summed E-state index contributed by atoms with van der Waals surface area (Å²) in [6.45, 7) is 5.46. The van der Waals surface area contributed by atoms with Crippen molar-refractivity contribution in [2.75, 3.05) is 25.0 Å². The fourth-order valence-corrected chi connectivity index (χ4v) is 7.41. The van der Waals surface area contributed by atoms with Crippen molar-refractivity contribution in [3.05, 3.63) is 119 Å². The molecule has 288 valence electrons. The molecule has 2 N–H and O–H groups in total. The molecule has 9 rings (SSSR count). The van der Waals surface area contributed by atoms with E-state index in [1.165, 1.54) is 18.2 Å². The minimum absolute atomic E-state index is 0.0723. The molecule has 6 heterocycles. The standard InChI is InChI=1S/C42H35F3N8O4/c1-24-17-31-27(20-46)5-6-28(39(31)57-24)23-56-38-4-2-3-33(49-38)25-11-14-52(15-12-25)22-37-48-35-18-26(7-10-36(35)53(37)21-30-13-16-55-30)41(54)47-29-8-9-34-32(19-29)40(51-50-34)42(43,44)45/h2-11,17-19,30H,12-16,21-23H2,1H3,(H,47,54)(H,50,51)/t30-/m0/s1. The van der Waals surface area contributed by atoms with Crippen LogP contribution in [0.3, 0.4) is 0 Å². The molecule has 4 aromatic heterocycles. The number of alkyl halides is 3. The number of benzene rings is 3. The second-order valence-corrected chi connectivity index (χ2v) is 14.3. The van der Waals surface area contributed by atoms with E-state index in [9.17, 15) is 23.2 Å². The molecule has 7 aromatic rings. The number of aromatic nitrogens is 5. The van der Waals surface area contributed by atoms with Crippen LogP contribution in [0.2, 0.25) is 0 Å². The number of halogens is 3. The summed E-state index contributed by atoms with van der Waals surface area (Å²) < 4.78 is 60.3. The highest BCUT2D eigenvalue weighted by molar-refractivity contribution is 6.06. The molecule has 1 saturated heterocycles. The molecule has 2 aliphatic heterocycles. The Kier molecular flexibility index (Phi) is 9.22. The highest BCUT2D eigenvalue weighted by atomic mass is 19.4. The molecule has 0 unspecified atom stereocenters. The molecule has 1 fully saturated rings. The molecular formula is C42H35F3N8O4. The molecule has 0 radical (unpaired) electrons. The molecule has 0 aliphatic carbocycles. The number of H-pyrrole nitrogens is 1. The molecule has 0 saturated carbocycles. The Labute approximate surface area is 323 Å². The van der Waals surface area contributed by atoms with Gasteiger partial charge in [-0.05, 0) is 79.9 Å². The Morgan fingerprint density at radius 3 is 2.72 bits per heavy atom. The van der Waals surface area contributed by atoms with Crippen molar-refractivity contribution in [2.24, 2.45) is 0 Å². The fourth-order valence-electron chi connectivity index (χ4n) is 7.41. The van der Waals surface area contributed by atoms with Crippen LogP contribution in [0.1, 0.15) is 57.3 Å². The number of fused-ring (bicyclic) bond motifs is 3. The van der Waals surface area contributed by atoms with E-state index in [0.717, 1.165) is 65.3 Å². The molecule has 0 bridgehead atoms. The predicted molar refractivity (Wildman–Crippen MR) is 205 cm³/mol. The van der Waals surface area contributed by atoms with Crippen LogP contribution in [0, 0.1) is 18.3 Å². The van der Waals surface area contributed by atoms with Crippen LogP contribution in [0.25, 0.3) is 38.5 Å². The summed E-state index contributed by atoms with van der Waals surface area (Å²) in [6, 6.07) is 22.9. The largest absolute Gasteiger partial charge is 0.473 e. The first kappa shape index (κ1) is 36.2. The maximum absolute atomic E-state index is 13.5. The van der Waals surface area contributed by atoms with Gasteiger partial charge in [0.1, 0.15) is 29.5 Å². The third-order valence-electron chi connectivity index (χ3n) is 10.5. The summed E-state index contributed by atoms with van der Waals surface area (Å²) >= 11 is 0. The molecule has 1 amide bonds. The number of furan rings is 1. The second-order valence-electron chi connectivity index (χ2n) is 14.3. The van der Waals surface area contributed by atoms with E-state index in [-0.39, 0.29) is 29.3 Å². The number of amides is 1. The number of pyridine rings is 1. The van der Waals surface area contributed by atoms with E-state index >= 15 is 0 Å². The van der Waals surface area contributed by atoms with E-state index < -0.39 is 17.8 Å². The Balaban J connectivity index is 0.893. The number of anilines is 1. The number of rotatable bonds is 10. The van der Waals surface area contributed by atoms with E-state index in [1.54, 1.807) is 18.2 Å². The summed E-state index contributed by atoms with van der Waals surface area (Å²) in [5.74, 6) is 1.59. The van der Waals surface area contributed by atoms with Gasteiger partial charge in [0.15, 0.2) is 0 Å². The normalized spacial score (nSPS) is 16.1. The topological polar surface area (TPSA) is 147 Å². The smallest absolute Gasteiger partial charge is 0.433 e. The van der Waals surface area contributed by atoms with Crippen molar-refractivity contribution < 1.29 is 31.9 Å². The number of carbonyl (C=O) groups is 1. The summed E-state index contributed by atoms with van der Waals surface area (Å²) in [6.07, 6.45) is -0.650. The zero-order valence-corrected chi connectivity index (χ0v) is 30.7. The third-order valence-corrected chi connectivity index (χ3v) is 10.5. The van der Waals surface area contributed by atoms with Gasteiger partial charge in [-0.1, -0.05) is 18.2 Å². The average Bonchev–Trinajstić information content (AvgIpc) is 3.89. The number of imidazole rings is 1. The minimum Gasteiger partial charge on any atom is -0.473 e. The van der Waals surface area contributed by atoms with Crippen LogP contribution in [0.5, 0.6) is 5.88 Å². The van der Waals surface area contributed by atoms with E-state index in [4.69, 9.17) is 23.9 Å². The third kappa shape index (κ3) is 7.21. The Hall–Kier alpha value is -6.50. The Morgan fingerprint density at radius 2 is 1.95 bits per heavy atom. The van der Waals surface area contributed by atoms with Crippen molar-refractivity contribution in [3.63, 3.8) is 0 Å². The van der Waals surface area contributed by atoms with Gasteiger partial charge >= 0.3 is 6.18 Å². The van der Waals surface area contributed by atoms with Gasteiger partial charge in [-0.25, -0.2) is 9.97 Å². The molecule has 12 nitrogen and oxygen atoms in total. The van der Waals surface area contributed by atoms with Crippen molar-refractivity contribution in [1.82, 2.24) is 29.6 Å². The first-order valence-corrected chi connectivity index (χ1v) is 18.5. The number of hydrogen-bond donors (Lipinski definition) is 2. The molecule has 2 aliphatic rings. The van der Waals surface area contributed by atoms with Crippen LogP contribution in [-0.2, 0) is 30.6 Å². The van der Waals surface area contributed by atoms with Gasteiger partial charge < -0.3 is 23.8 Å². The van der Waals surface area contributed by atoms with Gasteiger partial charge in [0, 0.05) is 53.3 Å². The quantitative estimate of drug-likeness (QED) is 0.141. The summed E-state index contributed by atoms with van der Waals surface area (Å²) in [4.78, 5) is 25.4. The predicted octanol–water partition coefficient (Wildman–Crippen LogP) is 8.16. The minimum atomic E-state index is -4.61. The molecule has 15 heteroatoms. The lowest BCUT2D eigenvalue weighted by atomic mass is 10.0. The number of nitriles is 1. The highest BCUT2D eigenvalue weighted by Gasteiger charge is 2.35. The van der Waals surface area contributed by atoms with E-state index in [0.29, 0.717) is 47.7 Å². The van der Waals surface area contributed by atoms with Crippen LogP contribution in [0.15, 0.2) is 83.3 Å². The van der Waals surface area contributed by atoms with Gasteiger partial charge in [0.2, 0.25) is 5.88 Å². The highest BCUT2D eigenvalue weighted by Crippen LogP contribution is 2.34. The maximum atomic E-state index is 13.5. The number of hydrogen-bond acceptors (Lipinski definition) is 9. The number of nitrogens with zero attached hydrogens (tertiary/aromatic N) is 6. The number of ether oxygens (including phenoxy) is 2.